The highest BCUT2D eigenvalue weighted by Gasteiger charge is 2.70. The fourth-order valence-corrected chi connectivity index (χ4v) is 3.52. The Morgan fingerprint density at radius 3 is 2.00 bits per heavy atom. The molecule has 1 aromatic carbocycles. The molecule has 1 fully saturated rings. The van der Waals surface area contributed by atoms with Gasteiger partial charge in [-0.05, 0) is 44.7 Å². The second-order valence-corrected chi connectivity index (χ2v) is 7.83. The predicted molar refractivity (Wildman–Crippen MR) is 90.1 cm³/mol. The average molecular weight is 322 g/mol. The highest BCUT2D eigenvalue weighted by Crippen LogP contribution is 2.58. The van der Waals surface area contributed by atoms with E-state index in [1.165, 1.54) is 0 Å². The lowest BCUT2D eigenvalue weighted by molar-refractivity contribution is -0.644. The molecule has 1 atom stereocenters. The van der Waals surface area contributed by atoms with Gasteiger partial charge >= 0.3 is 0 Å². The molecule has 1 unspecified atom stereocenters. The SMILES string of the molecule is COc1cccc(C2(OC(C)(C)C)OOC2(C(C)C)C(C)C)c1. The van der Waals surface area contributed by atoms with Gasteiger partial charge in [-0.2, -0.15) is 4.89 Å². The highest BCUT2D eigenvalue weighted by atomic mass is 17.3. The number of benzene rings is 1. The van der Waals surface area contributed by atoms with E-state index in [-0.39, 0.29) is 17.4 Å². The van der Waals surface area contributed by atoms with Crippen molar-refractivity contribution >= 4 is 0 Å². The fraction of sp³-hybridized carbons (Fsp3) is 0.684. The Hall–Kier alpha value is -1.10. The third-order valence-electron chi connectivity index (χ3n) is 4.43. The number of ether oxygens (including phenoxy) is 2. The van der Waals surface area contributed by atoms with Crippen LogP contribution in [-0.2, 0) is 20.3 Å². The molecule has 1 heterocycles. The van der Waals surface area contributed by atoms with Crippen molar-refractivity contribution < 1.29 is 19.2 Å². The van der Waals surface area contributed by atoms with Gasteiger partial charge in [0.25, 0.3) is 5.79 Å². The van der Waals surface area contributed by atoms with Gasteiger partial charge in [-0.25, -0.2) is 4.89 Å². The molecule has 0 aliphatic carbocycles. The zero-order valence-electron chi connectivity index (χ0n) is 15.6. The van der Waals surface area contributed by atoms with E-state index in [1.54, 1.807) is 7.11 Å². The van der Waals surface area contributed by atoms with Gasteiger partial charge in [-0.3, -0.25) is 0 Å². The van der Waals surface area contributed by atoms with Crippen molar-refractivity contribution in [2.24, 2.45) is 11.8 Å². The van der Waals surface area contributed by atoms with E-state index >= 15 is 0 Å². The smallest absolute Gasteiger partial charge is 0.261 e. The summed E-state index contributed by atoms with van der Waals surface area (Å²) in [5.41, 5.74) is -0.0328. The molecule has 0 N–H and O–H groups in total. The van der Waals surface area contributed by atoms with Crippen LogP contribution in [0, 0.1) is 11.8 Å². The van der Waals surface area contributed by atoms with Gasteiger partial charge in [-0.1, -0.05) is 39.8 Å². The van der Waals surface area contributed by atoms with Crippen LogP contribution in [0.2, 0.25) is 0 Å². The number of hydrogen-bond acceptors (Lipinski definition) is 4. The second kappa shape index (κ2) is 6.08. The third-order valence-corrected chi connectivity index (χ3v) is 4.43. The molecule has 1 aliphatic rings. The zero-order valence-corrected chi connectivity index (χ0v) is 15.6. The first-order valence-corrected chi connectivity index (χ1v) is 8.30. The van der Waals surface area contributed by atoms with Gasteiger partial charge in [-0.15, -0.1) is 0 Å². The third kappa shape index (κ3) is 2.88. The molecule has 23 heavy (non-hydrogen) atoms. The maximum atomic E-state index is 6.48. The Labute approximate surface area is 140 Å². The van der Waals surface area contributed by atoms with Crippen LogP contribution in [0.1, 0.15) is 54.0 Å². The van der Waals surface area contributed by atoms with E-state index in [4.69, 9.17) is 19.2 Å². The van der Waals surface area contributed by atoms with E-state index in [0.29, 0.717) is 0 Å². The minimum absolute atomic E-state index is 0.213. The van der Waals surface area contributed by atoms with Crippen molar-refractivity contribution in [2.45, 2.75) is 65.5 Å². The van der Waals surface area contributed by atoms with E-state index in [2.05, 4.69) is 27.7 Å². The van der Waals surface area contributed by atoms with Crippen LogP contribution in [0.3, 0.4) is 0 Å². The van der Waals surface area contributed by atoms with Crippen LogP contribution in [-0.4, -0.2) is 18.3 Å². The highest BCUT2D eigenvalue weighted by molar-refractivity contribution is 5.35. The summed E-state index contributed by atoms with van der Waals surface area (Å²) in [6.07, 6.45) is 0. The molecule has 1 saturated heterocycles. The quantitative estimate of drug-likeness (QED) is 0.738. The Bertz CT molecular complexity index is 537. The minimum Gasteiger partial charge on any atom is -0.497 e. The molecule has 0 spiro atoms. The first-order valence-electron chi connectivity index (χ1n) is 8.30. The summed E-state index contributed by atoms with van der Waals surface area (Å²) in [6.45, 7) is 14.7. The molecule has 0 radical (unpaired) electrons. The van der Waals surface area contributed by atoms with E-state index < -0.39 is 11.4 Å². The molecule has 0 amide bonds. The standard InChI is InChI=1S/C19H30O4/c1-13(2)18(14(3)4)19(23-22-18,21-17(5,6)7)15-10-9-11-16(12-15)20-8/h9-14H,1-8H3. The van der Waals surface area contributed by atoms with Crippen LogP contribution >= 0.6 is 0 Å². The second-order valence-electron chi connectivity index (χ2n) is 7.83. The minimum atomic E-state index is -0.956. The number of methoxy groups -OCH3 is 1. The Kier molecular flexibility index (Phi) is 4.82. The van der Waals surface area contributed by atoms with Gasteiger partial charge < -0.3 is 9.47 Å². The van der Waals surface area contributed by atoms with Crippen molar-refractivity contribution in [1.29, 1.82) is 0 Å². The fourth-order valence-electron chi connectivity index (χ4n) is 3.52. The molecule has 1 aliphatic heterocycles. The van der Waals surface area contributed by atoms with Gasteiger partial charge in [0.2, 0.25) is 0 Å². The topological polar surface area (TPSA) is 36.9 Å². The number of hydrogen-bond donors (Lipinski definition) is 0. The van der Waals surface area contributed by atoms with E-state index in [1.807, 2.05) is 45.0 Å². The first kappa shape index (κ1) is 18.2. The summed E-state index contributed by atoms with van der Waals surface area (Å²) in [7, 11) is 1.66. The summed E-state index contributed by atoms with van der Waals surface area (Å²) in [4.78, 5) is 11.5. The van der Waals surface area contributed by atoms with Crippen molar-refractivity contribution in [2.75, 3.05) is 7.11 Å². The summed E-state index contributed by atoms with van der Waals surface area (Å²) in [5, 5.41) is 0. The van der Waals surface area contributed by atoms with Crippen LogP contribution in [0.4, 0.5) is 0 Å². The van der Waals surface area contributed by atoms with E-state index in [9.17, 15) is 0 Å². The van der Waals surface area contributed by atoms with Gasteiger partial charge in [0.1, 0.15) is 5.75 Å². The maximum absolute atomic E-state index is 6.48. The summed E-state index contributed by atoms with van der Waals surface area (Å²) < 4.78 is 11.9. The zero-order chi connectivity index (χ0) is 17.5. The van der Waals surface area contributed by atoms with Crippen LogP contribution in [0.15, 0.2) is 24.3 Å². The molecule has 2 rings (SSSR count). The molecular weight excluding hydrogens is 292 g/mol. The molecule has 1 aromatic rings. The summed E-state index contributed by atoms with van der Waals surface area (Å²) in [6, 6.07) is 7.85. The maximum Gasteiger partial charge on any atom is 0.261 e. The number of rotatable bonds is 5. The summed E-state index contributed by atoms with van der Waals surface area (Å²) in [5.74, 6) is 0.244. The molecule has 4 nitrogen and oxygen atoms in total. The summed E-state index contributed by atoms with van der Waals surface area (Å²) >= 11 is 0. The molecule has 0 bridgehead atoms. The Balaban J connectivity index is 2.62. The Morgan fingerprint density at radius 1 is 1.00 bits per heavy atom. The average Bonchev–Trinajstić information content (AvgIpc) is 2.42. The molecule has 4 heteroatoms. The monoisotopic (exact) mass is 322 g/mol. The van der Waals surface area contributed by atoms with Crippen molar-refractivity contribution in [1.82, 2.24) is 0 Å². The lowest BCUT2D eigenvalue weighted by atomic mass is 9.70. The van der Waals surface area contributed by atoms with Gasteiger partial charge in [0.05, 0.1) is 12.7 Å². The van der Waals surface area contributed by atoms with Crippen molar-refractivity contribution in [3.63, 3.8) is 0 Å². The van der Waals surface area contributed by atoms with Crippen LogP contribution < -0.4 is 4.74 Å². The van der Waals surface area contributed by atoms with Crippen molar-refractivity contribution in [3.8, 4) is 5.75 Å². The van der Waals surface area contributed by atoms with Gasteiger partial charge in [0, 0.05) is 5.56 Å². The predicted octanol–water partition coefficient (Wildman–Crippen LogP) is 4.68. The lowest BCUT2D eigenvalue weighted by Gasteiger charge is -2.61. The lowest BCUT2D eigenvalue weighted by Crippen LogP contribution is -2.72. The van der Waals surface area contributed by atoms with Crippen LogP contribution in [0.5, 0.6) is 5.75 Å². The largest absolute Gasteiger partial charge is 0.497 e. The molecule has 0 saturated carbocycles. The van der Waals surface area contributed by atoms with E-state index in [0.717, 1.165) is 11.3 Å². The van der Waals surface area contributed by atoms with Crippen LogP contribution in [0.25, 0.3) is 0 Å². The molecule has 130 valence electrons. The van der Waals surface area contributed by atoms with Gasteiger partial charge in [0.15, 0.2) is 5.60 Å². The van der Waals surface area contributed by atoms with Crippen molar-refractivity contribution in [3.05, 3.63) is 29.8 Å². The normalized spacial score (nSPS) is 23.9. The molecule has 0 aromatic heterocycles. The molecular formula is C19H30O4. The Morgan fingerprint density at radius 2 is 1.61 bits per heavy atom. The first-order chi connectivity index (χ1) is 10.6.